The van der Waals surface area contributed by atoms with E-state index in [0.717, 1.165) is 6.42 Å². The van der Waals surface area contributed by atoms with E-state index in [0.29, 0.717) is 19.4 Å². The molecule has 1 rings (SSSR count). The number of aliphatic hydroxyl groups excluding tert-OH is 1. The third-order valence-electron chi connectivity index (χ3n) is 2.71. The lowest BCUT2D eigenvalue weighted by Gasteiger charge is -2.31. The number of halogens is 1. The standard InChI is InChI=1S/C11H19FO2/c1-3-7-14-11(2)6-4-5-9(13)8-10(11)12/h5,10,13H,3-4,6-8H2,1-2H3/t10?,11-/m1/s1. The van der Waals surface area contributed by atoms with Crippen molar-refractivity contribution in [3.05, 3.63) is 11.8 Å². The summed E-state index contributed by atoms with van der Waals surface area (Å²) >= 11 is 0. The first-order valence-electron chi connectivity index (χ1n) is 5.24. The van der Waals surface area contributed by atoms with Crippen molar-refractivity contribution < 1.29 is 14.2 Å². The average Bonchev–Trinajstić information content (AvgIpc) is 2.25. The summed E-state index contributed by atoms with van der Waals surface area (Å²) in [7, 11) is 0. The van der Waals surface area contributed by atoms with Crippen LogP contribution < -0.4 is 0 Å². The molecule has 1 unspecified atom stereocenters. The quantitative estimate of drug-likeness (QED) is 0.761. The largest absolute Gasteiger partial charge is 0.513 e. The van der Waals surface area contributed by atoms with Gasteiger partial charge in [0, 0.05) is 13.0 Å². The van der Waals surface area contributed by atoms with Gasteiger partial charge in [-0.25, -0.2) is 4.39 Å². The van der Waals surface area contributed by atoms with E-state index >= 15 is 0 Å². The van der Waals surface area contributed by atoms with Crippen LogP contribution >= 0.6 is 0 Å². The van der Waals surface area contributed by atoms with Gasteiger partial charge in [0.05, 0.1) is 11.4 Å². The van der Waals surface area contributed by atoms with E-state index < -0.39 is 11.8 Å². The molecule has 82 valence electrons. The number of alkyl halides is 1. The second-order valence-electron chi connectivity index (χ2n) is 4.07. The monoisotopic (exact) mass is 202 g/mol. The first-order chi connectivity index (χ1) is 6.58. The van der Waals surface area contributed by atoms with Gasteiger partial charge in [0.1, 0.15) is 6.17 Å². The molecule has 0 fully saturated rings. The Morgan fingerprint density at radius 3 is 3.07 bits per heavy atom. The van der Waals surface area contributed by atoms with Crippen LogP contribution in [0.3, 0.4) is 0 Å². The Bertz CT molecular complexity index is 215. The first kappa shape index (κ1) is 11.5. The van der Waals surface area contributed by atoms with Gasteiger partial charge in [-0.2, -0.15) is 0 Å². The number of aliphatic hydroxyl groups is 1. The fraction of sp³-hybridized carbons (Fsp3) is 0.818. The van der Waals surface area contributed by atoms with Crippen LogP contribution in [0.15, 0.2) is 11.8 Å². The summed E-state index contributed by atoms with van der Waals surface area (Å²) in [6.07, 6.45) is 2.88. The Balaban J connectivity index is 2.60. The molecule has 0 bridgehead atoms. The number of hydrogen-bond acceptors (Lipinski definition) is 2. The molecule has 0 heterocycles. The Kier molecular flexibility index (Phi) is 3.93. The van der Waals surface area contributed by atoms with E-state index in [1.54, 1.807) is 13.0 Å². The molecular weight excluding hydrogens is 183 g/mol. The fourth-order valence-electron chi connectivity index (χ4n) is 1.66. The Labute approximate surface area is 84.8 Å². The minimum absolute atomic E-state index is 0.0835. The molecule has 1 aliphatic carbocycles. The molecule has 0 saturated carbocycles. The van der Waals surface area contributed by atoms with Crippen LogP contribution in [-0.2, 0) is 4.74 Å². The second-order valence-corrected chi connectivity index (χ2v) is 4.07. The number of ether oxygens (including phenoxy) is 1. The highest BCUT2D eigenvalue weighted by atomic mass is 19.1. The molecule has 0 aliphatic heterocycles. The van der Waals surface area contributed by atoms with E-state index in [4.69, 9.17) is 4.74 Å². The van der Waals surface area contributed by atoms with Gasteiger partial charge >= 0.3 is 0 Å². The van der Waals surface area contributed by atoms with Gasteiger partial charge in [-0.15, -0.1) is 0 Å². The minimum atomic E-state index is -1.10. The molecule has 2 atom stereocenters. The number of hydrogen-bond donors (Lipinski definition) is 1. The van der Waals surface area contributed by atoms with Crippen LogP contribution in [0, 0.1) is 0 Å². The molecule has 0 spiro atoms. The highest BCUT2D eigenvalue weighted by Crippen LogP contribution is 2.31. The summed E-state index contributed by atoms with van der Waals surface area (Å²) in [4.78, 5) is 0. The molecule has 2 nitrogen and oxygen atoms in total. The van der Waals surface area contributed by atoms with Gasteiger partial charge in [-0.3, -0.25) is 0 Å². The Morgan fingerprint density at radius 2 is 2.43 bits per heavy atom. The lowest BCUT2D eigenvalue weighted by molar-refractivity contribution is -0.0879. The van der Waals surface area contributed by atoms with Crippen molar-refractivity contribution in [1.29, 1.82) is 0 Å². The summed E-state index contributed by atoms with van der Waals surface area (Å²) in [5, 5.41) is 9.28. The predicted molar refractivity (Wildman–Crippen MR) is 54.1 cm³/mol. The first-order valence-corrected chi connectivity index (χ1v) is 5.24. The van der Waals surface area contributed by atoms with Crippen LogP contribution in [0.4, 0.5) is 4.39 Å². The van der Waals surface area contributed by atoms with Crippen molar-refractivity contribution >= 4 is 0 Å². The summed E-state index contributed by atoms with van der Waals surface area (Å²) in [6, 6.07) is 0. The van der Waals surface area contributed by atoms with E-state index in [-0.39, 0.29) is 12.2 Å². The van der Waals surface area contributed by atoms with Gasteiger partial charge in [0.15, 0.2) is 0 Å². The Morgan fingerprint density at radius 1 is 1.71 bits per heavy atom. The molecule has 0 aromatic heterocycles. The maximum absolute atomic E-state index is 13.7. The van der Waals surface area contributed by atoms with Crippen molar-refractivity contribution in [3.63, 3.8) is 0 Å². The van der Waals surface area contributed by atoms with E-state index in [2.05, 4.69) is 0 Å². The van der Waals surface area contributed by atoms with Gasteiger partial charge < -0.3 is 9.84 Å². The normalized spacial score (nSPS) is 33.6. The average molecular weight is 202 g/mol. The summed E-state index contributed by atoms with van der Waals surface area (Å²) in [6.45, 7) is 4.38. The zero-order valence-electron chi connectivity index (χ0n) is 8.92. The van der Waals surface area contributed by atoms with Gasteiger partial charge in [-0.05, 0) is 32.3 Å². The number of allylic oxidation sites excluding steroid dienone is 2. The highest BCUT2D eigenvalue weighted by Gasteiger charge is 2.36. The maximum atomic E-state index is 13.7. The summed E-state index contributed by atoms with van der Waals surface area (Å²) in [5.41, 5.74) is -0.725. The van der Waals surface area contributed by atoms with Crippen molar-refractivity contribution in [3.8, 4) is 0 Å². The minimum Gasteiger partial charge on any atom is -0.513 e. The van der Waals surface area contributed by atoms with Crippen molar-refractivity contribution in [2.45, 2.75) is 51.3 Å². The number of rotatable bonds is 3. The molecule has 0 saturated heterocycles. The predicted octanol–water partition coefficient (Wildman–Crippen LogP) is 3.14. The SMILES string of the molecule is CCCO[C@]1(C)CCC=C(O)CC1F. The van der Waals surface area contributed by atoms with Crippen LogP contribution in [0.1, 0.15) is 39.5 Å². The topological polar surface area (TPSA) is 29.5 Å². The van der Waals surface area contributed by atoms with Gasteiger partial charge in [0.25, 0.3) is 0 Å². The Hall–Kier alpha value is -0.570. The fourth-order valence-corrected chi connectivity index (χ4v) is 1.66. The molecule has 0 radical (unpaired) electrons. The second kappa shape index (κ2) is 4.78. The third kappa shape index (κ3) is 2.71. The van der Waals surface area contributed by atoms with E-state index in [1.807, 2.05) is 6.92 Å². The van der Waals surface area contributed by atoms with Crippen molar-refractivity contribution in [2.75, 3.05) is 6.61 Å². The van der Waals surface area contributed by atoms with Crippen LogP contribution in [0.5, 0.6) is 0 Å². The highest BCUT2D eigenvalue weighted by molar-refractivity contribution is 5.03. The van der Waals surface area contributed by atoms with Crippen LogP contribution in [0.25, 0.3) is 0 Å². The molecule has 3 heteroatoms. The smallest absolute Gasteiger partial charge is 0.136 e. The molecule has 0 aromatic carbocycles. The van der Waals surface area contributed by atoms with Crippen molar-refractivity contribution in [1.82, 2.24) is 0 Å². The van der Waals surface area contributed by atoms with Gasteiger partial charge in [0.2, 0.25) is 0 Å². The lowest BCUT2D eigenvalue weighted by Crippen LogP contribution is -2.39. The third-order valence-corrected chi connectivity index (χ3v) is 2.71. The summed E-state index contributed by atoms with van der Waals surface area (Å²) in [5.74, 6) is 0.154. The maximum Gasteiger partial charge on any atom is 0.136 e. The van der Waals surface area contributed by atoms with Crippen LogP contribution in [-0.4, -0.2) is 23.5 Å². The molecule has 0 amide bonds. The summed E-state index contributed by atoms with van der Waals surface area (Å²) < 4.78 is 19.3. The van der Waals surface area contributed by atoms with Crippen molar-refractivity contribution in [2.24, 2.45) is 0 Å². The molecular formula is C11H19FO2. The lowest BCUT2D eigenvalue weighted by atomic mass is 9.94. The van der Waals surface area contributed by atoms with Crippen LogP contribution in [0.2, 0.25) is 0 Å². The zero-order chi connectivity index (χ0) is 10.6. The van der Waals surface area contributed by atoms with Gasteiger partial charge in [-0.1, -0.05) is 6.92 Å². The van der Waals surface area contributed by atoms with E-state index in [9.17, 15) is 9.50 Å². The molecule has 0 aromatic rings. The molecule has 14 heavy (non-hydrogen) atoms. The molecule has 1 aliphatic rings. The zero-order valence-corrected chi connectivity index (χ0v) is 8.92. The molecule has 1 N–H and O–H groups in total. The van der Waals surface area contributed by atoms with E-state index in [1.165, 1.54) is 0 Å².